The van der Waals surface area contributed by atoms with E-state index in [1.807, 2.05) is 6.92 Å². The van der Waals surface area contributed by atoms with Gasteiger partial charge >= 0.3 is 0 Å². The Hall–Kier alpha value is -1.40. The molecule has 1 unspecified atom stereocenters. The van der Waals surface area contributed by atoms with Crippen LogP contribution in [0.15, 0.2) is 51.8 Å². The fourth-order valence-electron chi connectivity index (χ4n) is 2.00. The van der Waals surface area contributed by atoms with Crippen LogP contribution < -0.4 is 5.32 Å². The van der Waals surface area contributed by atoms with Gasteiger partial charge in [-0.1, -0.05) is 28.1 Å². The molecule has 0 aliphatic carbocycles. The van der Waals surface area contributed by atoms with Gasteiger partial charge in [0, 0.05) is 22.0 Å². The number of sulfone groups is 1. The van der Waals surface area contributed by atoms with Crippen molar-refractivity contribution in [3.63, 3.8) is 0 Å². The first-order chi connectivity index (χ1) is 9.77. The molecule has 0 fully saturated rings. The molecule has 0 aliphatic rings. The molecule has 0 aliphatic heterocycles. The molecule has 0 radical (unpaired) electrons. The quantitative estimate of drug-likeness (QED) is 0.877. The molecular formula is C15H15BrFNO2S. The van der Waals surface area contributed by atoms with Gasteiger partial charge in [-0.05, 0) is 37.3 Å². The summed E-state index contributed by atoms with van der Waals surface area (Å²) in [6, 6.07) is 11.1. The first-order valence-corrected chi connectivity index (χ1v) is 8.97. The summed E-state index contributed by atoms with van der Waals surface area (Å²) in [5.74, 6) is -0.316. The molecule has 112 valence electrons. The molecule has 0 saturated carbocycles. The summed E-state index contributed by atoms with van der Waals surface area (Å²) in [6.45, 7) is 1.82. The summed E-state index contributed by atoms with van der Waals surface area (Å²) in [5, 5.41) is 3.11. The highest BCUT2D eigenvalue weighted by Gasteiger charge is 2.13. The van der Waals surface area contributed by atoms with E-state index in [4.69, 9.17) is 0 Å². The topological polar surface area (TPSA) is 46.2 Å². The summed E-state index contributed by atoms with van der Waals surface area (Å²) < 4.78 is 37.7. The number of halogens is 2. The maximum atomic E-state index is 13.9. The highest BCUT2D eigenvalue weighted by molar-refractivity contribution is 9.10. The van der Waals surface area contributed by atoms with Crippen LogP contribution in [0.3, 0.4) is 0 Å². The van der Waals surface area contributed by atoms with Crippen LogP contribution in [0, 0.1) is 5.82 Å². The third-order valence-corrected chi connectivity index (χ3v) is 4.68. The molecule has 0 spiro atoms. The van der Waals surface area contributed by atoms with E-state index in [1.54, 1.807) is 30.3 Å². The molecule has 2 aromatic rings. The Morgan fingerprint density at radius 3 is 2.52 bits per heavy atom. The first-order valence-electron chi connectivity index (χ1n) is 6.29. The van der Waals surface area contributed by atoms with E-state index < -0.39 is 9.84 Å². The maximum Gasteiger partial charge on any atom is 0.175 e. The minimum absolute atomic E-state index is 0.232. The van der Waals surface area contributed by atoms with E-state index in [9.17, 15) is 12.8 Å². The van der Waals surface area contributed by atoms with Crippen molar-refractivity contribution in [1.82, 2.24) is 0 Å². The number of rotatable bonds is 4. The predicted octanol–water partition coefficient (Wildman–Crippen LogP) is 4.16. The van der Waals surface area contributed by atoms with Crippen molar-refractivity contribution in [2.45, 2.75) is 17.9 Å². The third-order valence-electron chi connectivity index (χ3n) is 3.07. The minimum atomic E-state index is -3.26. The zero-order valence-electron chi connectivity index (χ0n) is 11.6. The van der Waals surface area contributed by atoms with E-state index >= 15 is 0 Å². The molecule has 6 heteroatoms. The van der Waals surface area contributed by atoms with E-state index in [1.165, 1.54) is 12.1 Å². The van der Waals surface area contributed by atoms with Crippen molar-refractivity contribution in [2.24, 2.45) is 0 Å². The van der Waals surface area contributed by atoms with Crippen molar-refractivity contribution < 1.29 is 12.8 Å². The second-order valence-corrected chi connectivity index (χ2v) is 7.76. The maximum absolute atomic E-state index is 13.9. The number of benzene rings is 2. The normalized spacial score (nSPS) is 13.0. The third kappa shape index (κ3) is 4.04. The van der Waals surface area contributed by atoms with Gasteiger partial charge in [0.25, 0.3) is 0 Å². The van der Waals surface area contributed by atoms with Gasteiger partial charge in [-0.3, -0.25) is 0 Å². The molecule has 3 nitrogen and oxygen atoms in total. The van der Waals surface area contributed by atoms with Crippen LogP contribution in [0.25, 0.3) is 0 Å². The summed E-state index contributed by atoms with van der Waals surface area (Å²) in [7, 11) is -3.26. The Balaban J connectivity index is 2.25. The van der Waals surface area contributed by atoms with Gasteiger partial charge in [0.15, 0.2) is 9.84 Å². The van der Waals surface area contributed by atoms with Gasteiger partial charge in [0.1, 0.15) is 5.82 Å². The molecule has 1 N–H and O–H groups in total. The Labute approximate surface area is 132 Å². The molecule has 0 bridgehead atoms. The summed E-state index contributed by atoms with van der Waals surface area (Å²) in [4.78, 5) is 0.232. The molecule has 0 aromatic heterocycles. The Bertz CT molecular complexity index is 762. The van der Waals surface area contributed by atoms with Crippen LogP contribution in [0.1, 0.15) is 18.5 Å². The zero-order valence-corrected chi connectivity index (χ0v) is 14.0. The Morgan fingerprint density at radius 1 is 1.19 bits per heavy atom. The van der Waals surface area contributed by atoms with Crippen LogP contribution in [-0.2, 0) is 9.84 Å². The summed E-state index contributed by atoms with van der Waals surface area (Å²) in [6.07, 6.45) is 1.16. The van der Waals surface area contributed by atoms with E-state index in [-0.39, 0.29) is 16.8 Å². The predicted molar refractivity (Wildman–Crippen MR) is 85.7 cm³/mol. The van der Waals surface area contributed by atoms with Gasteiger partial charge in [-0.25, -0.2) is 12.8 Å². The zero-order chi connectivity index (χ0) is 15.6. The highest BCUT2D eigenvalue weighted by atomic mass is 79.9. The van der Waals surface area contributed by atoms with Crippen LogP contribution in [0.4, 0.5) is 10.1 Å². The molecule has 2 aromatic carbocycles. The van der Waals surface area contributed by atoms with Crippen LogP contribution >= 0.6 is 15.9 Å². The fourth-order valence-corrected chi connectivity index (χ4v) is 3.00. The number of anilines is 1. The largest absolute Gasteiger partial charge is 0.378 e. The lowest BCUT2D eigenvalue weighted by Crippen LogP contribution is -2.09. The van der Waals surface area contributed by atoms with E-state index in [0.717, 1.165) is 6.26 Å². The van der Waals surface area contributed by atoms with Crippen LogP contribution in [0.5, 0.6) is 0 Å². The molecule has 0 saturated heterocycles. The molecule has 0 amide bonds. The number of hydrogen-bond acceptors (Lipinski definition) is 3. The van der Waals surface area contributed by atoms with Gasteiger partial charge < -0.3 is 5.32 Å². The standard InChI is InChI=1S/C15H15BrFNO2S/c1-10(14-7-6-11(16)8-15(14)17)18-12-4-3-5-13(9-12)21(2,19)20/h3-10,18H,1-2H3. The van der Waals surface area contributed by atoms with Crippen molar-refractivity contribution in [3.8, 4) is 0 Å². The lowest BCUT2D eigenvalue weighted by atomic mass is 10.1. The van der Waals surface area contributed by atoms with E-state index in [2.05, 4.69) is 21.2 Å². The average molecular weight is 372 g/mol. The molecular weight excluding hydrogens is 357 g/mol. The Morgan fingerprint density at radius 2 is 1.90 bits per heavy atom. The molecule has 1 atom stereocenters. The lowest BCUT2D eigenvalue weighted by molar-refractivity contribution is 0.598. The second kappa shape index (κ2) is 6.15. The SMILES string of the molecule is CC(Nc1cccc(S(C)(=O)=O)c1)c1ccc(Br)cc1F. The van der Waals surface area contributed by atoms with Crippen molar-refractivity contribution in [1.29, 1.82) is 0 Å². The van der Waals surface area contributed by atoms with Crippen molar-refractivity contribution in [3.05, 3.63) is 58.3 Å². The summed E-state index contributed by atoms with van der Waals surface area (Å²) in [5.41, 5.74) is 1.15. The number of hydrogen-bond donors (Lipinski definition) is 1. The summed E-state index contributed by atoms with van der Waals surface area (Å²) >= 11 is 3.22. The van der Waals surface area contributed by atoms with Crippen molar-refractivity contribution in [2.75, 3.05) is 11.6 Å². The first kappa shape index (κ1) is 16.0. The average Bonchev–Trinajstić information content (AvgIpc) is 2.37. The molecule has 0 heterocycles. The van der Waals surface area contributed by atoms with Gasteiger partial charge in [0.05, 0.1) is 10.9 Å². The minimum Gasteiger partial charge on any atom is -0.378 e. The highest BCUT2D eigenvalue weighted by Crippen LogP contribution is 2.25. The number of nitrogens with one attached hydrogen (secondary N) is 1. The second-order valence-electron chi connectivity index (χ2n) is 4.83. The van der Waals surface area contributed by atoms with E-state index in [0.29, 0.717) is 15.7 Å². The Kier molecular flexibility index (Phi) is 4.68. The van der Waals surface area contributed by atoms with Crippen LogP contribution in [-0.4, -0.2) is 14.7 Å². The van der Waals surface area contributed by atoms with Crippen LogP contribution in [0.2, 0.25) is 0 Å². The van der Waals surface area contributed by atoms with Crippen molar-refractivity contribution >= 4 is 31.5 Å². The fraction of sp³-hybridized carbons (Fsp3) is 0.200. The smallest absolute Gasteiger partial charge is 0.175 e. The van der Waals surface area contributed by atoms with Gasteiger partial charge in [0.2, 0.25) is 0 Å². The van der Waals surface area contributed by atoms with Gasteiger partial charge in [-0.15, -0.1) is 0 Å². The van der Waals surface area contributed by atoms with Gasteiger partial charge in [-0.2, -0.15) is 0 Å². The molecule has 21 heavy (non-hydrogen) atoms. The molecule has 2 rings (SSSR count). The lowest BCUT2D eigenvalue weighted by Gasteiger charge is -2.17. The monoisotopic (exact) mass is 371 g/mol.